The van der Waals surface area contributed by atoms with Gasteiger partial charge in [0.05, 0.1) is 6.42 Å². The summed E-state index contributed by atoms with van der Waals surface area (Å²) >= 11 is 0. The molecule has 24 heavy (non-hydrogen) atoms. The number of aliphatic carboxylic acids is 1. The molecule has 0 spiro atoms. The smallest absolute Gasteiger partial charge is 0.307 e. The van der Waals surface area contributed by atoms with Gasteiger partial charge in [0.2, 0.25) is 0 Å². The fraction of sp³-hybridized carbons (Fsp3) is 0.263. The Morgan fingerprint density at radius 1 is 1.08 bits per heavy atom. The number of carboxylic acids is 1. The largest absolute Gasteiger partial charge is 0.481 e. The molecule has 5 heteroatoms. The van der Waals surface area contributed by atoms with E-state index in [-0.39, 0.29) is 12.3 Å². The van der Waals surface area contributed by atoms with Crippen LogP contribution in [0.15, 0.2) is 48.5 Å². The monoisotopic (exact) mass is 326 g/mol. The Hall–Kier alpha value is -2.82. The number of nitrogens with one attached hydrogen (secondary N) is 1. The van der Waals surface area contributed by atoms with E-state index in [9.17, 15) is 9.59 Å². The molecule has 0 aliphatic carbocycles. The Balaban J connectivity index is 2.11. The summed E-state index contributed by atoms with van der Waals surface area (Å²) in [6.07, 6.45) is 0.927. The highest BCUT2D eigenvalue weighted by Gasteiger charge is 2.11. The van der Waals surface area contributed by atoms with Crippen LogP contribution in [0.4, 0.5) is 11.4 Å². The van der Waals surface area contributed by atoms with Gasteiger partial charge in [0.15, 0.2) is 0 Å². The maximum Gasteiger partial charge on any atom is 0.307 e. The third kappa shape index (κ3) is 4.59. The van der Waals surface area contributed by atoms with E-state index in [1.165, 1.54) is 0 Å². The molecule has 0 saturated heterocycles. The number of carboxylic acid groups (broad SMARTS) is 1. The first-order valence-corrected chi connectivity index (χ1v) is 7.93. The first-order valence-electron chi connectivity index (χ1n) is 7.93. The van der Waals surface area contributed by atoms with Crippen LogP contribution in [0.5, 0.6) is 0 Å². The normalized spacial score (nSPS) is 10.2. The van der Waals surface area contributed by atoms with Crippen molar-refractivity contribution >= 4 is 23.3 Å². The van der Waals surface area contributed by atoms with Crippen LogP contribution in [-0.2, 0) is 11.2 Å². The molecular weight excluding hydrogens is 304 g/mol. The van der Waals surface area contributed by atoms with E-state index in [0.717, 1.165) is 18.7 Å². The molecule has 0 heterocycles. The molecule has 0 aliphatic rings. The third-order valence-corrected chi connectivity index (χ3v) is 3.74. The SMILES string of the molecule is CCCN(C)c1ccc(C(=O)Nc2ccccc2CC(=O)O)cc1. The second kappa shape index (κ2) is 8.15. The van der Waals surface area contributed by atoms with E-state index in [4.69, 9.17) is 5.11 Å². The molecule has 2 N–H and O–H groups in total. The summed E-state index contributed by atoms with van der Waals surface area (Å²) in [4.78, 5) is 25.4. The van der Waals surface area contributed by atoms with Gasteiger partial charge in [-0.2, -0.15) is 0 Å². The van der Waals surface area contributed by atoms with Crippen molar-refractivity contribution in [2.45, 2.75) is 19.8 Å². The minimum atomic E-state index is -0.931. The lowest BCUT2D eigenvalue weighted by Crippen LogP contribution is -2.18. The number of hydrogen-bond acceptors (Lipinski definition) is 3. The Labute approximate surface area is 141 Å². The van der Waals surface area contributed by atoms with E-state index in [1.807, 2.05) is 19.2 Å². The van der Waals surface area contributed by atoms with Gasteiger partial charge < -0.3 is 15.3 Å². The molecule has 0 atom stereocenters. The van der Waals surface area contributed by atoms with Crippen molar-refractivity contribution in [3.05, 3.63) is 59.7 Å². The van der Waals surface area contributed by atoms with Crippen molar-refractivity contribution in [1.29, 1.82) is 0 Å². The Morgan fingerprint density at radius 2 is 1.75 bits per heavy atom. The molecule has 0 aromatic heterocycles. The van der Waals surface area contributed by atoms with Crippen LogP contribution in [0.1, 0.15) is 29.3 Å². The lowest BCUT2D eigenvalue weighted by molar-refractivity contribution is -0.136. The average molecular weight is 326 g/mol. The third-order valence-electron chi connectivity index (χ3n) is 3.74. The minimum absolute atomic E-state index is 0.128. The molecule has 0 fully saturated rings. The Bertz CT molecular complexity index is 711. The second-order valence-electron chi connectivity index (χ2n) is 5.65. The van der Waals surface area contributed by atoms with Crippen LogP contribution in [0.2, 0.25) is 0 Å². The minimum Gasteiger partial charge on any atom is -0.481 e. The van der Waals surface area contributed by atoms with E-state index in [0.29, 0.717) is 16.8 Å². The van der Waals surface area contributed by atoms with Crippen LogP contribution in [-0.4, -0.2) is 30.6 Å². The highest BCUT2D eigenvalue weighted by Crippen LogP contribution is 2.18. The maximum absolute atomic E-state index is 12.4. The van der Waals surface area contributed by atoms with Crippen molar-refractivity contribution in [2.75, 3.05) is 23.8 Å². The van der Waals surface area contributed by atoms with Crippen molar-refractivity contribution in [3.8, 4) is 0 Å². The van der Waals surface area contributed by atoms with Crippen LogP contribution in [0, 0.1) is 0 Å². The van der Waals surface area contributed by atoms with E-state index in [1.54, 1.807) is 36.4 Å². The van der Waals surface area contributed by atoms with E-state index >= 15 is 0 Å². The molecular formula is C19H22N2O3. The first kappa shape index (κ1) is 17.5. The molecule has 2 aromatic carbocycles. The van der Waals surface area contributed by atoms with Crippen LogP contribution >= 0.6 is 0 Å². The van der Waals surface area contributed by atoms with Gasteiger partial charge in [-0.3, -0.25) is 9.59 Å². The molecule has 2 rings (SSSR count). The number of rotatable bonds is 7. The van der Waals surface area contributed by atoms with Gasteiger partial charge in [0, 0.05) is 30.5 Å². The van der Waals surface area contributed by atoms with Crippen LogP contribution < -0.4 is 10.2 Å². The summed E-state index contributed by atoms with van der Waals surface area (Å²) in [6, 6.07) is 14.3. The predicted octanol–water partition coefficient (Wildman–Crippen LogP) is 3.41. The van der Waals surface area contributed by atoms with Crippen molar-refractivity contribution in [2.24, 2.45) is 0 Å². The lowest BCUT2D eigenvalue weighted by atomic mass is 10.1. The van der Waals surface area contributed by atoms with Gasteiger partial charge in [-0.1, -0.05) is 25.1 Å². The summed E-state index contributed by atoms with van der Waals surface area (Å²) in [5.41, 5.74) is 2.70. The van der Waals surface area contributed by atoms with Gasteiger partial charge in [-0.15, -0.1) is 0 Å². The second-order valence-corrected chi connectivity index (χ2v) is 5.65. The molecule has 1 amide bonds. The van der Waals surface area contributed by atoms with E-state index in [2.05, 4.69) is 17.1 Å². The number of amides is 1. The summed E-state index contributed by atoms with van der Waals surface area (Å²) in [5, 5.41) is 11.7. The zero-order chi connectivity index (χ0) is 17.5. The summed E-state index contributed by atoms with van der Waals surface area (Å²) in [6.45, 7) is 3.07. The van der Waals surface area contributed by atoms with Gasteiger partial charge in [-0.05, 0) is 42.3 Å². The van der Waals surface area contributed by atoms with Gasteiger partial charge in [0.25, 0.3) is 5.91 Å². The van der Waals surface area contributed by atoms with Crippen LogP contribution in [0.25, 0.3) is 0 Å². The zero-order valence-corrected chi connectivity index (χ0v) is 14.0. The number of carbonyl (C=O) groups is 2. The van der Waals surface area contributed by atoms with Crippen molar-refractivity contribution in [1.82, 2.24) is 0 Å². The number of carbonyl (C=O) groups excluding carboxylic acids is 1. The number of para-hydroxylation sites is 1. The molecule has 5 nitrogen and oxygen atoms in total. The van der Waals surface area contributed by atoms with Gasteiger partial charge in [0.1, 0.15) is 0 Å². The highest BCUT2D eigenvalue weighted by atomic mass is 16.4. The molecule has 0 aliphatic heterocycles. The number of nitrogens with zero attached hydrogens (tertiary/aromatic N) is 1. The molecule has 0 bridgehead atoms. The summed E-state index contributed by atoms with van der Waals surface area (Å²) in [5.74, 6) is -1.18. The zero-order valence-electron chi connectivity index (χ0n) is 14.0. The first-order chi connectivity index (χ1) is 11.5. The van der Waals surface area contributed by atoms with Crippen molar-refractivity contribution < 1.29 is 14.7 Å². The van der Waals surface area contributed by atoms with Crippen molar-refractivity contribution in [3.63, 3.8) is 0 Å². The van der Waals surface area contributed by atoms with Crippen LogP contribution in [0.3, 0.4) is 0 Å². The number of anilines is 2. The summed E-state index contributed by atoms with van der Waals surface area (Å²) in [7, 11) is 2.01. The molecule has 0 saturated carbocycles. The average Bonchev–Trinajstić information content (AvgIpc) is 2.56. The predicted molar refractivity (Wildman–Crippen MR) is 95.7 cm³/mol. The van der Waals surface area contributed by atoms with Gasteiger partial charge >= 0.3 is 5.97 Å². The Morgan fingerprint density at radius 3 is 2.38 bits per heavy atom. The quantitative estimate of drug-likeness (QED) is 0.818. The fourth-order valence-corrected chi connectivity index (χ4v) is 2.49. The molecule has 126 valence electrons. The topological polar surface area (TPSA) is 69.6 Å². The lowest BCUT2D eigenvalue weighted by Gasteiger charge is -2.18. The number of hydrogen-bond donors (Lipinski definition) is 2. The Kier molecular flexibility index (Phi) is 5.95. The fourth-order valence-electron chi connectivity index (χ4n) is 2.49. The number of benzene rings is 2. The molecule has 0 unspecified atom stereocenters. The summed E-state index contributed by atoms with van der Waals surface area (Å²) < 4.78 is 0. The maximum atomic E-state index is 12.4. The van der Waals surface area contributed by atoms with E-state index < -0.39 is 5.97 Å². The standard InChI is InChI=1S/C19H22N2O3/c1-3-12-21(2)16-10-8-14(9-11-16)19(24)20-17-7-5-4-6-15(17)13-18(22)23/h4-11H,3,12-13H2,1-2H3,(H,20,24)(H,22,23). The molecule has 2 aromatic rings. The van der Waals surface area contributed by atoms with Gasteiger partial charge in [-0.25, -0.2) is 0 Å². The highest BCUT2D eigenvalue weighted by molar-refractivity contribution is 6.05. The molecule has 0 radical (unpaired) electrons.